The van der Waals surface area contributed by atoms with E-state index in [2.05, 4.69) is 35.3 Å². The van der Waals surface area contributed by atoms with E-state index in [0.717, 1.165) is 77.4 Å². The normalized spacial score (nSPS) is 26.1. The number of nitrogens with zero attached hydrogens (tertiary/aromatic N) is 5. The zero-order valence-electron chi connectivity index (χ0n) is 26.0. The molecule has 0 radical (unpaired) electrons. The van der Waals surface area contributed by atoms with Gasteiger partial charge < -0.3 is 24.0 Å². The molecule has 3 aliphatic heterocycles. The Bertz CT molecular complexity index is 984. The van der Waals surface area contributed by atoms with E-state index in [1.165, 1.54) is 11.3 Å². The van der Waals surface area contributed by atoms with Gasteiger partial charge in [-0.3, -0.25) is 9.58 Å². The van der Waals surface area contributed by atoms with Crippen LogP contribution in [0, 0.1) is 19.3 Å². The van der Waals surface area contributed by atoms with E-state index >= 15 is 0 Å². The summed E-state index contributed by atoms with van der Waals surface area (Å²) in [6.07, 6.45) is 4.18. The lowest BCUT2D eigenvalue weighted by molar-refractivity contribution is -0.0931. The molecule has 222 valence electrons. The second-order valence-electron chi connectivity index (χ2n) is 13.3. The van der Waals surface area contributed by atoms with Crippen molar-refractivity contribution in [1.29, 1.82) is 0 Å². The van der Waals surface area contributed by atoms with Gasteiger partial charge in [-0.15, -0.1) is 0 Å². The van der Waals surface area contributed by atoms with Crippen molar-refractivity contribution in [3.63, 3.8) is 0 Å². The number of piperazine rings is 1. The molecule has 1 saturated carbocycles. The van der Waals surface area contributed by atoms with E-state index in [1.54, 1.807) is 7.11 Å². The summed E-state index contributed by atoms with van der Waals surface area (Å²) in [5, 5.41) is 5.24. The lowest BCUT2D eigenvalue weighted by atomic mass is 9.61. The Hall–Kier alpha value is -1.84. The number of likely N-dealkylation sites (tertiary alicyclic amines) is 1. The summed E-state index contributed by atoms with van der Waals surface area (Å²) in [5.74, 6) is 1.11. The highest BCUT2D eigenvalue weighted by Crippen LogP contribution is 2.55. The monoisotopic (exact) mass is 547 g/mol. The first-order valence-corrected chi connectivity index (χ1v) is 15.1. The topological polar surface area (TPSA) is 72.3 Å². The van der Waals surface area contributed by atoms with Crippen LogP contribution in [0.15, 0.2) is 0 Å². The molecule has 0 N–H and O–H groups in total. The van der Waals surface area contributed by atoms with E-state index in [9.17, 15) is 4.79 Å². The van der Waals surface area contributed by atoms with Crippen molar-refractivity contribution >= 4 is 11.9 Å². The minimum Gasteiger partial charge on any atom is -0.444 e. The number of amides is 1. The Morgan fingerprint density at radius 2 is 1.69 bits per heavy atom. The van der Waals surface area contributed by atoms with Crippen LogP contribution < -0.4 is 4.90 Å². The molecule has 5 rings (SSSR count). The Morgan fingerprint density at radius 1 is 1.05 bits per heavy atom. The second-order valence-corrected chi connectivity index (χ2v) is 13.3. The Morgan fingerprint density at radius 3 is 2.28 bits per heavy atom. The molecule has 4 aliphatic rings. The third-order valence-electron chi connectivity index (χ3n) is 9.04. The summed E-state index contributed by atoms with van der Waals surface area (Å²) in [5.41, 5.74) is 2.17. The van der Waals surface area contributed by atoms with Crippen LogP contribution in [-0.2, 0) is 14.2 Å². The van der Waals surface area contributed by atoms with Crippen molar-refractivity contribution in [3.05, 3.63) is 11.3 Å². The number of methoxy groups -OCH3 is 1. The average Bonchev–Trinajstić information content (AvgIpc) is 3.12. The van der Waals surface area contributed by atoms with Crippen LogP contribution in [0.2, 0.25) is 0 Å². The van der Waals surface area contributed by atoms with Gasteiger partial charge in [-0.2, -0.15) is 5.10 Å². The second kappa shape index (κ2) is 11.6. The van der Waals surface area contributed by atoms with Crippen molar-refractivity contribution in [3.8, 4) is 0 Å². The van der Waals surface area contributed by atoms with Gasteiger partial charge in [0, 0.05) is 75.8 Å². The lowest BCUT2D eigenvalue weighted by Crippen LogP contribution is -2.65. The molecule has 1 amide bonds. The first-order valence-electron chi connectivity index (χ1n) is 15.1. The molecule has 0 aromatic carbocycles. The average molecular weight is 548 g/mol. The van der Waals surface area contributed by atoms with E-state index in [1.807, 2.05) is 39.5 Å². The number of aromatic nitrogens is 2. The molecule has 1 aromatic heterocycles. The molecule has 1 spiro atoms. The number of hydrogen-bond donors (Lipinski definition) is 0. The molecule has 9 nitrogen and oxygen atoms in total. The van der Waals surface area contributed by atoms with Crippen molar-refractivity contribution in [1.82, 2.24) is 19.6 Å². The van der Waals surface area contributed by atoms with Crippen LogP contribution in [0.4, 0.5) is 10.6 Å². The summed E-state index contributed by atoms with van der Waals surface area (Å²) < 4.78 is 19.2. The number of rotatable bonds is 5. The van der Waals surface area contributed by atoms with Gasteiger partial charge in [-0.05, 0) is 67.2 Å². The third-order valence-corrected chi connectivity index (χ3v) is 9.04. The first-order chi connectivity index (χ1) is 18.4. The van der Waals surface area contributed by atoms with Gasteiger partial charge in [0.25, 0.3) is 0 Å². The van der Waals surface area contributed by atoms with Crippen molar-refractivity contribution in [2.45, 2.75) is 104 Å². The van der Waals surface area contributed by atoms with Crippen molar-refractivity contribution < 1.29 is 19.0 Å². The highest BCUT2D eigenvalue weighted by atomic mass is 16.6. The van der Waals surface area contributed by atoms with Crippen LogP contribution in [0.1, 0.15) is 84.5 Å². The van der Waals surface area contributed by atoms with Gasteiger partial charge in [-0.1, -0.05) is 13.8 Å². The quantitative estimate of drug-likeness (QED) is 0.524. The summed E-state index contributed by atoms with van der Waals surface area (Å²) in [7, 11) is 1.81. The fraction of sp³-hybridized carbons (Fsp3) is 0.867. The van der Waals surface area contributed by atoms with E-state index < -0.39 is 5.60 Å². The minimum atomic E-state index is -0.449. The van der Waals surface area contributed by atoms with Gasteiger partial charge in [0.05, 0.1) is 18.2 Å². The molecule has 39 heavy (non-hydrogen) atoms. The molecule has 4 fully saturated rings. The molecular weight excluding hydrogens is 494 g/mol. The molecule has 3 saturated heterocycles. The van der Waals surface area contributed by atoms with E-state index in [-0.39, 0.29) is 17.0 Å². The van der Waals surface area contributed by atoms with Crippen LogP contribution >= 0.6 is 0 Å². The molecule has 9 heteroatoms. The standard InChI is InChI=1S/C28H47N5O4.C2H6/c1-20-21(2)33(23-14-28(15-23)17-31(18-28)25(34)37-26(3,4)5)29-24(20)32-11-10-30(16-27(32,6)19-35-7)22-8-12-36-13-9-22;1-2/h22-23H,8-19H2,1-7H3;1-2H3/t27-;/m1./s1. The molecular formula is C30H53N5O4. The molecule has 1 atom stereocenters. The van der Waals surface area contributed by atoms with Gasteiger partial charge in [0.15, 0.2) is 5.82 Å². The zero-order chi connectivity index (χ0) is 28.6. The summed E-state index contributed by atoms with van der Waals surface area (Å²) in [4.78, 5) is 19.4. The largest absolute Gasteiger partial charge is 0.444 e. The van der Waals surface area contributed by atoms with Crippen LogP contribution in [0.3, 0.4) is 0 Å². The molecule has 4 heterocycles. The number of anilines is 1. The summed E-state index contributed by atoms with van der Waals surface area (Å²) >= 11 is 0. The van der Waals surface area contributed by atoms with Crippen molar-refractivity contribution in [2.75, 3.05) is 64.6 Å². The summed E-state index contributed by atoms with van der Waals surface area (Å²) in [6.45, 7) is 23.5. The molecule has 0 unspecified atom stereocenters. The molecule has 1 aromatic rings. The maximum atomic E-state index is 12.4. The minimum absolute atomic E-state index is 0.135. The number of ether oxygens (including phenoxy) is 3. The number of carbonyl (C=O) groups is 1. The van der Waals surface area contributed by atoms with E-state index in [0.29, 0.717) is 18.7 Å². The van der Waals surface area contributed by atoms with Gasteiger partial charge >= 0.3 is 6.09 Å². The molecule has 0 bridgehead atoms. The SMILES string of the molecule is CC.COC[C@@]1(C)CN(C2CCOCC2)CCN1c1nn(C2CC3(C2)CN(C(=O)OC(C)(C)C)C3)c(C)c1C. The number of hydrogen-bond acceptors (Lipinski definition) is 7. The smallest absolute Gasteiger partial charge is 0.410 e. The van der Waals surface area contributed by atoms with Crippen LogP contribution in [0.5, 0.6) is 0 Å². The van der Waals surface area contributed by atoms with E-state index in [4.69, 9.17) is 19.3 Å². The van der Waals surface area contributed by atoms with Gasteiger partial charge in [0.2, 0.25) is 0 Å². The van der Waals surface area contributed by atoms with Crippen LogP contribution in [0.25, 0.3) is 0 Å². The van der Waals surface area contributed by atoms with Crippen molar-refractivity contribution in [2.24, 2.45) is 5.41 Å². The Kier molecular flexibility index (Phi) is 8.94. The Labute approximate surface area is 236 Å². The maximum absolute atomic E-state index is 12.4. The predicted molar refractivity (Wildman–Crippen MR) is 155 cm³/mol. The zero-order valence-corrected chi connectivity index (χ0v) is 26.0. The summed E-state index contributed by atoms with van der Waals surface area (Å²) in [6, 6.07) is 0.992. The Balaban J connectivity index is 0.00000172. The van der Waals surface area contributed by atoms with Gasteiger partial charge in [-0.25, -0.2) is 4.79 Å². The molecule has 1 aliphatic carbocycles. The fourth-order valence-electron chi connectivity index (χ4n) is 7.05. The lowest BCUT2D eigenvalue weighted by Gasteiger charge is -2.58. The number of carbonyl (C=O) groups excluding carboxylic acids is 1. The van der Waals surface area contributed by atoms with Crippen LogP contribution in [-0.4, -0.2) is 103 Å². The maximum Gasteiger partial charge on any atom is 0.410 e. The predicted octanol–water partition coefficient (Wildman–Crippen LogP) is 4.80. The fourth-order valence-corrected chi connectivity index (χ4v) is 7.05. The van der Waals surface area contributed by atoms with Gasteiger partial charge in [0.1, 0.15) is 5.60 Å². The highest BCUT2D eigenvalue weighted by Gasteiger charge is 2.55. The third kappa shape index (κ3) is 6.10. The first kappa shape index (κ1) is 30.1. The highest BCUT2D eigenvalue weighted by molar-refractivity contribution is 5.69.